The first-order valence-corrected chi connectivity index (χ1v) is 10.5. The zero-order chi connectivity index (χ0) is 19.2. The number of ether oxygens (including phenoxy) is 1. The van der Waals surface area contributed by atoms with E-state index in [0.717, 1.165) is 26.2 Å². The van der Waals surface area contributed by atoms with Crippen molar-refractivity contribution in [2.24, 2.45) is 0 Å². The SMILES string of the molecule is CN1CCN([C@H](CNC(=O)COc2ccc(Cl)cc2Cl)c2ccsc2)CC1. The van der Waals surface area contributed by atoms with E-state index in [0.29, 0.717) is 22.3 Å². The molecule has 1 N–H and O–H groups in total. The van der Waals surface area contributed by atoms with Gasteiger partial charge >= 0.3 is 0 Å². The first-order valence-electron chi connectivity index (χ1n) is 8.82. The molecule has 1 atom stereocenters. The second-order valence-corrected chi connectivity index (χ2v) is 8.20. The van der Waals surface area contributed by atoms with Crippen LogP contribution in [0, 0.1) is 0 Å². The smallest absolute Gasteiger partial charge is 0.258 e. The molecular weight excluding hydrogens is 405 g/mol. The lowest BCUT2D eigenvalue weighted by molar-refractivity contribution is -0.123. The molecule has 5 nitrogen and oxygen atoms in total. The van der Waals surface area contributed by atoms with Crippen molar-refractivity contribution in [2.45, 2.75) is 6.04 Å². The van der Waals surface area contributed by atoms with Gasteiger partial charge in [0.2, 0.25) is 0 Å². The zero-order valence-corrected chi connectivity index (χ0v) is 17.5. The molecule has 1 aliphatic heterocycles. The summed E-state index contributed by atoms with van der Waals surface area (Å²) in [6.45, 7) is 4.52. The predicted octanol–water partition coefficient (Wildman–Crippen LogP) is 3.54. The van der Waals surface area contributed by atoms with Gasteiger partial charge in [-0.3, -0.25) is 9.69 Å². The highest BCUT2D eigenvalue weighted by atomic mass is 35.5. The minimum absolute atomic E-state index is 0.0829. The number of piperazine rings is 1. The van der Waals surface area contributed by atoms with E-state index < -0.39 is 0 Å². The average molecular weight is 428 g/mol. The summed E-state index contributed by atoms with van der Waals surface area (Å²) in [6, 6.07) is 7.24. The molecular formula is C19H23Cl2N3O2S. The van der Waals surface area contributed by atoms with Gasteiger partial charge in [-0.2, -0.15) is 11.3 Å². The maximum Gasteiger partial charge on any atom is 0.258 e. The van der Waals surface area contributed by atoms with Crippen molar-refractivity contribution in [2.75, 3.05) is 46.4 Å². The quantitative estimate of drug-likeness (QED) is 0.733. The van der Waals surface area contributed by atoms with Crippen molar-refractivity contribution in [3.63, 3.8) is 0 Å². The van der Waals surface area contributed by atoms with Gasteiger partial charge in [0.25, 0.3) is 5.91 Å². The Kier molecular flexibility index (Phi) is 7.38. The second kappa shape index (κ2) is 9.75. The molecule has 1 aromatic carbocycles. The fraction of sp³-hybridized carbons (Fsp3) is 0.421. The molecule has 1 aliphatic rings. The van der Waals surface area contributed by atoms with Crippen LogP contribution in [0.5, 0.6) is 5.75 Å². The number of hydrogen-bond donors (Lipinski definition) is 1. The summed E-state index contributed by atoms with van der Waals surface area (Å²) in [7, 11) is 2.14. The summed E-state index contributed by atoms with van der Waals surface area (Å²) in [5, 5.41) is 8.15. The van der Waals surface area contributed by atoms with E-state index in [-0.39, 0.29) is 18.6 Å². The van der Waals surface area contributed by atoms with Crippen molar-refractivity contribution in [3.8, 4) is 5.75 Å². The molecule has 3 rings (SSSR count). The van der Waals surface area contributed by atoms with E-state index in [1.54, 1.807) is 29.5 Å². The highest BCUT2D eigenvalue weighted by molar-refractivity contribution is 7.08. The second-order valence-electron chi connectivity index (χ2n) is 6.58. The molecule has 1 amide bonds. The summed E-state index contributed by atoms with van der Waals surface area (Å²) in [5.41, 5.74) is 1.24. The van der Waals surface area contributed by atoms with E-state index in [1.807, 2.05) is 0 Å². The summed E-state index contributed by atoms with van der Waals surface area (Å²) < 4.78 is 5.52. The predicted molar refractivity (Wildman–Crippen MR) is 111 cm³/mol. The molecule has 0 saturated carbocycles. The zero-order valence-electron chi connectivity index (χ0n) is 15.2. The molecule has 0 unspecified atom stereocenters. The highest BCUT2D eigenvalue weighted by Gasteiger charge is 2.24. The number of halogens is 2. The van der Waals surface area contributed by atoms with Crippen molar-refractivity contribution < 1.29 is 9.53 Å². The first kappa shape index (κ1) is 20.4. The lowest BCUT2D eigenvalue weighted by atomic mass is 10.1. The van der Waals surface area contributed by atoms with Crippen LogP contribution in [-0.2, 0) is 4.79 Å². The average Bonchev–Trinajstić information content (AvgIpc) is 3.17. The number of thiophene rings is 1. The van der Waals surface area contributed by atoms with Gasteiger partial charge in [0.1, 0.15) is 5.75 Å². The van der Waals surface area contributed by atoms with E-state index in [1.165, 1.54) is 5.56 Å². The molecule has 1 fully saturated rings. The third-order valence-corrected chi connectivity index (χ3v) is 5.88. The number of amides is 1. The van der Waals surface area contributed by atoms with E-state index >= 15 is 0 Å². The standard InChI is InChI=1S/C19H23Cl2N3O2S/c1-23-5-7-24(8-6-23)17(14-4-9-27-13-14)11-22-19(25)12-26-18-3-2-15(20)10-16(18)21/h2-4,9-10,13,17H,5-8,11-12H2,1H3,(H,22,25)/t17-/m1/s1. The van der Waals surface area contributed by atoms with Crippen LogP contribution in [-0.4, -0.2) is 62.1 Å². The van der Waals surface area contributed by atoms with Crippen LogP contribution < -0.4 is 10.1 Å². The monoisotopic (exact) mass is 427 g/mol. The molecule has 0 radical (unpaired) electrons. The van der Waals surface area contributed by atoms with Gasteiger partial charge in [-0.25, -0.2) is 0 Å². The van der Waals surface area contributed by atoms with Gasteiger partial charge in [-0.05, 0) is 47.6 Å². The lowest BCUT2D eigenvalue weighted by Gasteiger charge is -2.38. The normalized spacial score (nSPS) is 16.9. The number of benzene rings is 1. The van der Waals surface area contributed by atoms with Crippen LogP contribution >= 0.6 is 34.5 Å². The number of carbonyl (C=O) groups excluding carboxylic acids is 1. The van der Waals surface area contributed by atoms with Crippen molar-refractivity contribution >= 4 is 40.4 Å². The minimum atomic E-state index is -0.171. The number of hydrogen-bond acceptors (Lipinski definition) is 5. The van der Waals surface area contributed by atoms with Crippen LogP contribution in [0.1, 0.15) is 11.6 Å². The molecule has 0 spiro atoms. The summed E-state index contributed by atoms with van der Waals surface area (Å²) >= 11 is 13.6. The third-order valence-electron chi connectivity index (χ3n) is 4.65. The van der Waals surface area contributed by atoms with Gasteiger partial charge in [-0.15, -0.1) is 0 Å². The Bertz CT molecular complexity index is 749. The molecule has 146 valence electrons. The molecule has 0 aliphatic carbocycles. The maximum atomic E-state index is 12.3. The van der Waals surface area contributed by atoms with Crippen LogP contribution in [0.3, 0.4) is 0 Å². The first-order chi connectivity index (χ1) is 13.0. The van der Waals surface area contributed by atoms with Gasteiger partial charge in [0.05, 0.1) is 11.1 Å². The lowest BCUT2D eigenvalue weighted by Crippen LogP contribution is -2.48. The fourth-order valence-corrected chi connectivity index (χ4v) is 4.22. The Hall–Kier alpha value is -1.31. The van der Waals surface area contributed by atoms with Crippen LogP contribution in [0.2, 0.25) is 10.0 Å². The molecule has 1 saturated heterocycles. The highest BCUT2D eigenvalue weighted by Crippen LogP contribution is 2.27. The molecule has 2 heterocycles. The van der Waals surface area contributed by atoms with Gasteiger partial charge in [0, 0.05) is 37.7 Å². The minimum Gasteiger partial charge on any atom is -0.482 e. The number of carbonyl (C=O) groups is 1. The molecule has 8 heteroatoms. The van der Waals surface area contributed by atoms with Gasteiger partial charge < -0.3 is 15.0 Å². The maximum absolute atomic E-state index is 12.3. The molecule has 0 bridgehead atoms. The molecule has 27 heavy (non-hydrogen) atoms. The number of nitrogens with one attached hydrogen (secondary N) is 1. The van der Waals surface area contributed by atoms with Gasteiger partial charge in [0.15, 0.2) is 6.61 Å². The largest absolute Gasteiger partial charge is 0.482 e. The Balaban J connectivity index is 1.54. The topological polar surface area (TPSA) is 44.8 Å². The molecule has 2 aromatic rings. The Morgan fingerprint density at radius 3 is 2.70 bits per heavy atom. The number of rotatable bonds is 7. The molecule has 1 aromatic heterocycles. The Morgan fingerprint density at radius 2 is 2.04 bits per heavy atom. The van der Waals surface area contributed by atoms with Crippen molar-refractivity contribution in [1.29, 1.82) is 0 Å². The van der Waals surface area contributed by atoms with Crippen LogP contribution in [0.15, 0.2) is 35.0 Å². The Morgan fingerprint density at radius 1 is 1.26 bits per heavy atom. The number of likely N-dealkylation sites (N-methyl/N-ethyl adjacent to an activating group) is 1. The van der Waals surface area contributed by atoms with Crippen LogP contribution in [0.25, 0.3) is 0 Å². The van der Waals surface area contributed by atoms with Crippen LogP contribution in [0.4, 0.5) is 0 Å². The Labute approximate surface area is 173 Å². The van der Waals surface area contributed by atoms with E-state index in [2.05, 4.69) is 39.0 Å². The summed E-state index contributed by atoms with van der Waals surface area (Å²) in [5.74, 6) is 0.278. The van der Waals surface area contributed by atoms with Crippen molar-refractivity contribution in [3.05, 3.63) is 50.6 Å². The fourth-order valence-electron chi connectivity index (χ4n) is 3.05. The van der Waals surface area contributed by atoms with E-state index in [4.69, 9.17) is 27.9 Å². The third kappa shape index (κ3) is 5.83. The van der Waals surface area contributed by atoms with Gasteiger partial charge in [-0.1, -0.05) is 23.2 Å². The van der Waals surface area contributed by atoms with E-state index in [9.17, 15) is 4.79 Å². The summed E-state index contributed by atoms with van der Waals surface area (Å²) in [4.78, 5) is 17.0. The summed E-state index contributed by atoms with van der Waals surface area (Å²) in [6.07, 6.45) is 0. The number of nitrogens with zero attached hydrogens (tertiary/aromatic N) is 2. The van der Waals surface area contributed by atoms with Crippen molar-refractivity contribution in [1.82, 2.24) is 15.1 Å².